The third-order valence-corrected chi connectivity index (χ3v) is 4.64. The van der Waals surface area contributed by atoms with Crippen LogP contribution in [0.5, 0.6) is 0 Å². The van der Waals surface area contributed by atoms with E-state index in [4.69, 9.17) is 0 Å². The van der Waals surface area contributed by atoms with E-state index < -0.39 is 0 Å². The zero-order valence-electron chi connectivity index (χ0n) is 11.9. The van der Waals surface area contributed by atoms with Crippen LogP contribution in [0.25, 0.3) is 0 Å². The van der Waals surface area contributed by atoms with E-state index >= 15 is 0 Å². The van der Waals surface area contributed by atoms with Gasteiger partial charge in [0.05, 0.1) is 0 Å². The minimum absolute atomic E-state index is 0.133. The molecule has 1 saturated carbocycles. The molecule has 0 radical (unpaired) electrons. The number of anilines is 1. The number of hydrogen-bond donors (Lipinski definition) is 1. The van der Waals surface area contributed by atoms with Gasteiger partial charge in [0.25, 0.3) is 0 Å². The molecule has 1 aromatic carbocycles. The Morgan fingerprint density at radius 1 is 1.37 bits per heavy atom. The minimum Gasteiger partial charge on any atom is -0.369 e. The minimum atomic E-state index is -0.133. The Labute approximate surface area is 115 Å². The summed E-state index contributed by atoms with van der Waals surface area (Å²) in [4.78, 5) is 2.37. The third-order valence-electron chi connectivity index (χ3n) is 4.64. The van der Waals surface area contributed by atoms with Gasteiger partial charge >= 0.3 is 0 Å². The summed E-state index contributed by atoms with van der Waals surface area (Å²) in [6.07, 6.45) is 3.79. The summed E-state index contributed by atoms with van der Waals surface area (Å²) in [5.74, 6) is 0.660. The molecule has 2 aliphatic rings. The molecule has 0 amide bonds. The number of nitrogens with one attached hydrogen (secondary N) is 1. The highest BCUT2D eigenvalue weighted by molar-refractivity contribution is 5.54. The third kappa shape index (κ3) is 2.62. The fraction of sp³-hybridized carbons (Fsp3) is 0.625. The van der Waals surface area contributed by atoms with Crippen LogP contribution in [-0.2, 0) is 0 Å². The second-order valence-corrected chi connectivity index (χ2v) is 6.32. The molecule has 104 valence electrons. The zero-order valence-corrected chi connectivity index (χ0v) is 11.9. The predicted octanol–water partition coefficient (Wildman–Crippen LogP) is 3.10. The molecule has 1 saturated heterocycles. The lowest BCUT2D eigenvalue weighted by atomic mass is 9.95. The summed E-state index contributed by atoms with van der Waals surface area (Å²) >= 11 is 0. The first-order chi connectivity index (χ1) is 9.08. The van der Waals surface area contributed by atoms with Crippen molar-refractivity contribution in [3.05, 3.63) is 29.6 Å². The van der Waals surface area contributed by atoms with Crippen molar-refractivity contribution in [1.82, 2.24) is 5.32 Å². The molecular weight excluding hydrogens is 239 g/mol. The molecular formula is C16H23FN2. The molecule has 19 heavy (non-hydrogen) atoms. The summed E-state index contributed by atoms with van der Waals surface area (Å²) in [6, 6.07) is 5.13. The van der Waals surface area contributed by atoms with Crippen LogP contribution in [0.15, 0.2) is 18.2 Å². The van der Waals surface area contributed by atoms with E-state index in [1.54, 1.807) is 12.1 Å². The largest absolute Gasteiger partial charge is 0.369 e. The molecule has 0 bridgehead atoms. The van der Waals surface area contributed by atoms with Crippen LogP contribution in [0.4, 0.5) is 10.1 Å². The van der Waals surface area contributed by atoms with E-state index in [0.717, 1.165) is 37.7 Å². The Kier molecular flexibility index (Phi) is 3.25. The van der Waals surface area contributed by atoms with Gasteiger partial charge in [-0.05, 0) is 63.3 Å². The van der Waals surface area contributed by atoms with Gasteiger partial charge in [0.1, 0.15) is 5.82 Å². The number of rotatable bonds is 2. The Morgan fingerprint density at radius 3 is 2.89 bits per heavy atom. The van der Waals surface area contributed by atoms with Crippen molar-refractivity contribution in [2.75, 3.05) is 24.5 Å². The van der Waals surface area contributed by atoms with E-state index in [9.17, 15) is 4.39 Å². The molecule has 2 fully saturated rings. The molecule has 1 aliphatic heterocycles. The second kappa shape index (κ2) is 4.78. The Balaban J connectivity index is 1.88. The Morgan fingerprint density at radius 2 is 2.16 bits per heavy atom. The predicted molar refractivity (Wildman–Crippen MR) is 77.1 cm³/mol. The SMILES string of the molecule is Cc1ccc(F)cc1N1CCCNC(C)(C2CC2)C1. The van der Waals surface area contributed by atoms with Crippen molar-refractivity contribution in [3.63, 3.8) is 0 Å². The van der Waals surface area contributed by atoms with Crippen LogP contribution in [0.1, 0.15) is 31.7 Å². The molecule has 1 atom stereocenters. The molecule has 0 spiro atoms. The van der Waals surface area contributed by atoms with Gasteiger partial charge < -0.3 is 10.2 Å². The van der Waals surface area contributed by atoms with E-state index in [0.29, 0.717) is 0 Å². The maximum absolute atomic E-state index is 13.5. The molecule has 0 aromatic heterocycles. The van der Waals surface area contributed by atoms with Gasteiger partial charge in [-0.3, -0.25) is 0 Å². The Bertz CT molecular complexity index is 470. The number of benzene rings is 1. The van der Waals surface area contributed by atoms with Gasteiger partial charge in [-0.2, -0.15) is 0 Å². The maximum atomic E-state index is 13.5. The molecule has 1 heterocycles. The van der Waals surface area contributed by atoms with Crippen LogP contribution in [0.2, 0.25) is 0 Å². The summed E-state index contributed by atoms with van der Waals surface area (Å²) in [6.45, 7) is 7.47. The van der Waals surface area contributed by atoms with Gasteiger partial charge in [0.2, 0.25) is 0 Å². The topological polar surface area (TPSA) is 15.3 Å². The normalized spacial score (nSPS) is 28.3. The first-order valence-corrected chi connectivity index (χ1v) is 7.35. The number of aryl methyl sites for hydroxylation is 1. The van der Waals surface area contributed by atoms with Gasteiger partial charge in [-0.1, -0.05) is 6.07 Å². The summed E-state index contributed by atoms with van der Waals surface area (Å²) < 4.78 is 13.5. The molecule has 3 heteroatoms. The number of hydrogen-bond acceptors (Lipinski definition) is 2. The van der Waals surface area contributed by atoms with E-state index in [2.05, 4.69) is 24.1 Å². The van der Waals surface area contributed by atoms with Crippen molar-refractivity contribution in [3.8, 4) is 0 Å². The highest BCUT2D eigenvalue weighted by Gasteiger charge is 2.43. The highest BCUT2D eigenvalue weighted by Crippen LogP contribution is 2.41. The first-order valence-electron chi connectivity index (χ1n) is 7.35. The summed E-state index contributed by atoms with van der Waals surface area (Å²) in [7, 11) is 0. The van der Waals surface area contributed by atoms with Crippen molar-refractivity contribution >= 4 is 5.69 Å². The molecule has 1 unspecified atom stereocenters. The lowest BCUT2D eigenvalue weighted by Gasteiger charge is -2.35. The summed E-state index contributed by atoms with van der Waals surface area (Å²) in [5.41, 5.74) is 2.42. The molecule has 1 N–H and O–H groups in total. The molecule has 2 nitrogen and oxygen atoms in total. The average molecular weight is 262 g/mol. The highest BCUT2D eigenvalue weighted by atomic mass is 19.1. The van der Waals surface area contributed by atoms with Crippen molar-refractivity contribution in [2.45, 2.75) is 38.6 Å². The fourth-order valence-corrected chi connectivity index (χ4v) is 3.30. The van der Waals surface area contributed by atoms with Crippen molar-refractivity contribution in [1.29, 1.82) is 0 Å². The zero-order chi connectivity index (χ0) is 13.5. The standard InChI is InChI=1S/C16H23FN2/c1-12-4-7-14(17)10-15(12)19-9-3-8-18-16(2,11-19)13-5-6-13/h4,7,10,13,18H,3,5-6,8-9,11H2,1-2H3. The van der Waals surface area contributed by atoms with Gasteiger partial charge in [-0.25, -0.2) is 4.39 Å². The van der Waals surface area contributed by atoms with Crippen LogP contribution in [0.3, 0.4) is 0 Å². The second-order valence-electron chi connectivity index (χ2n) is 6.32. The summed E-state index contributed by atoms with van der Waals surface area (Å²) in [5, 5.41) is 3.72. The quantitative estimate of drug-likeness (QED) is 0.881. The van der Waals surface area contributed by atoms with Gasteiger partial charge in [-0.15, -0.1) is 0 Å². The molecule has 1 aromatic rings. The average Bonchev–Trinajstić information content (AvgIpc) is 3.19. The van der Waals surface area contributed by atoms with Gasteiger partial charge in [0, 0.05) is 24.3 Å². The number of halogens is 1. The van der Waals surface area contributed by atoms with Gasteiger partial charge in [0.15, 0.2) is 0 Å². The fourth-order valence-electron chi connectivity index (χ4n) is 3.30. The maximum Gasteiger partial charge on any atom is 0.125 e. The van der Waals surface area contributed by atoms with Crippen LogP contribution < -0.4 is 10.2 Å². The Hall–Kier alpha value is -1.09. The van der Waals surface area contributed by atoms with Crippen LogP contribution >= 0.6 is 0 Å². The lowest BCUT2D eigenvalue weighted by Crippen LogP contribution is -2.51. The molecule has 1 aliphatic carbocycles. The van der Waals surface area contributed by atoms with E-state index in [1.165, 1.54) is 18.4 Å². The lowest BCUT2D eigenvalue weighted by molar-refractivity contribution is 0.331. The van der Waals surface area contributed by atoms with Crippen LogP contribution in [-0.4, -0.2) is 25.2 Å². The first kappa shape index (κ1) is 12.9. The number of nitrogens with zero attached hydrogens (tertiary/aromatic N) is 1. The van der Waals surface area contributed by atoms with Crippen molar-refractivity contribution < 1.29 is 4.39 Å². The van der Waals surface area contributed by atoms with Crippen LogP contribution in [0, 0.1) is 18.7 Å². The monoisotopic (exact) mass is 262 g/mol. The smallest absolute Gasteiger partial charge is 0.125 e. The molecule has 3 rings (SSSR count). The van der Waals surface area contributed by atoms with E-state index in [1.807, 2.05) is 6.07 Å². The van der Waals surface area contributed by atoms with E-state index in [-0.39, 0.29) is 11.4 Å². The van der Waals surface area contributed by atoms with Crippen molar-refractivity contribution in [2.24, 2.45) is 5.92 Å².